The summed E-state index contributed by atoms with van der Waals surface area (Å²) in [5, 5.41) is 2.72. The first kappa shape index (κ1) is 16.6. The van der Waals surface area contributed by atoms with Gasteiger partial charge in [0, 0.05) is 27.7 Å². The fourth-order valence-corrected chi connectivity index (χ4v) is 5.66. The van der Waals surface area contributed by atoms with Crippen LogP contribution >= 0.6 is 0 Å². The summed E-state index contributed by atoms with van der Waals surface area (Å²) in [6, 6.07) is 38.3. The van der Waals surface area contributed by atoms with Gasteiger partial charge in [0.1, 0.15) is 0 Å². The highest BCUT2D eigenvalue weighted by atomic mass is 15.0. The summed E-state index contributed by atoms with van der Waals surface area (Å²) in [5.74, 6) is 0. The first-order valence-electron chi connectivity index (χ1n) is 10.4. The number of hydrogen-bond acceptors (Lipinski definition) is 0. The van der Waals surface area contributed by atoms with Crippen LogP contribution < -0.4 is 0 Å². The lowest BCUT2D eigenvalue weighted by Gasteiger charge is -2.43. The maximum Gasteiger partial charge on any atom is 0.0539 e. The number of para-hydroxylation sites is 2. The fraction of sp³-hybridized carbons (Fsp3) is 0.143. The Balaban J connectivity index is 1.82. The lowest BCUT2D eigenvalue weighted by atomic mass is 9.64. The zero-order valence-corrected chi connectivity index (χ0v) is 16.5. The zero-order chi connectivity index (χ0) is 19.4. The van der Waals surface area contributed by atoms with Crippen molar-refractivity contribution in [2.45, 2.75) is 24.8 Å². The van der Waals surface area contributed by atoms with E-state index in [9.17, 15) is 0 Å². The van der Waals surface area contributed by atoms with Crippen molar-refractivity contribution in [3.63, 3.8) is 0 Å². The second-order valence-corrected chi connectivity index (χ2v) is 8.28. The first-order chi connectivity index (χ1) is 14.3. The molecule has 0 N–H and O–H groups in total. The van der Waals surface area contributed by atoms with Crippen molar-refractivity contribution in [2.24, 2.45) is 0 Å². The first-order valence-corrected chi connectivity index (χ1v) is 10.4. The standard InChI is InChI=1S/C28H23N/c1-20-19-28(21-11-4-2-5-12-21,22-13-6-3-7-14-22)25-17-10-16-24-23-15-8-9-18-26(23)29(20)27(24)25/h2-18,20H,19H2,1H3. The van der Waals surface area contributed by atoms with Gasteiger partial charge in [-0.25, -0.2) is 0 Å². The summed E-state index contributed by atoms with van der Waals surface area (Å²) in [4.78, 5) is 0. The van der Waals surface area contributed by atoms with Gasteiger partial charge in [-0.05, 0) is 36.1 Å². The van der Waals surface area contributed by atoms with E-state index in [2.05, 4.69) is 115 Å². The van der Waals surface area contributed by atoms with Crippen molar-refractivity contribution in [3.8, 4) is 0 Å². The number of benzene rings is 4. The quantitative estimate of drug-likeness (QED) is 0.311. The molecule has 1 aliphatic heterocycles. The normalized spacial score (nSPS) is 17.6. The Labute approximate surface area is 171 Å². The molecule has 1 atom stereocenters. The van der Waals surface area contributed by atoms with E-state index in [1.54, 1.807) is 0 Å². The Kier molecular flexibility index (Phi) is 3.49. The molecular formula is C28H23N. The molecule has 0 aliphatic carbocycles. The van der Waals surface area contributed by atoms with Crippen LogP contribution in [0.15, 0.2) is 103 Å². The van der Waals surface area contributed by atoms with E-state index in [0.29, 0.717) is 6.04 Å². The number of nitrogens with zero attached hydrogens (tertiary/aromatic N) is 1. The van der Waals surface area contributed by atoms with Crippen LogP contribution in [0.4, 0.5) is 0 Å². The van der Waals surface area contributed by atoms with E-state index in [4.69, 9.17) is 0 Å². The molecule has 5 aromatic rings. The molecule has 1 heteroatoms. The van der Waals surface area contributed by atoms with Gasteiger partial charge < -0.3 is 4.57 Å². The molecule has 29 heavy (non-hydrogen) atoms. The molecule has 0 spiro atoms. The molecule has 0 saturated carbocycles. The summed E-state index contributed by atoms with van der Waals surface area (Å²) in [5.41, 5.74) is 6.76. The van der Waals surface area contributed by atoms with Crippen LogP contribution in [-0.2, 0) is 5.41 Å². The van der Waals surface area contributed by atoms with Crippen molar-refractivity contribution < 1.29 is 0 Å². The van der Waals surface area contributed by atoms with E-state index in [-0.39, 0.29) is 5.41 Å². The third-order valence-corrected chi connectivity index (χ3v) is 6.77. The van der Waals surface area contributed by atoms with Gasteiger partial charge in [0.2, 0.25) is 0 Å². The molecule has 0 bridgehead atoms. The van der Waals surface area contributed by atoms with Gasteiger partial charge in [0.25, 0.3) is 0 Å². The average Bonchev–Trinajstić information content (AvgIpc) is 3.13. The second-order valence-electron chi connectivity index (χ2n) is 8.28. The van der Waals surface area contributed by atoms with Crippen molar-refractivity contribution >= 4 is 21.8 Å². The van der Waals surface area contributed by atoms with E-state index < -0.39 is 0 Å². The lowest BCUT2D eigenvalue weighted by Crippen LogP contribution is -2.36. The van der Waals surface area contributed by atoms with Crippen LogP contribution in [-0.4, -0.2) is 4.57 Å². The molecule has 2 heterocycles. The smallest absolute Gasteiger partial charge is 0.0539 e. The molecule has 0 radical (unpaired) electrons. The largest absolute Gasteiger partial charge is 0.337 e. The lowest BCUT2D eigenvalue weighted by molar-refractivity contribution is 0.412. The van der Waals surface area contributed by atoms with E-state index in [1.165, 1.54) is 38.5 Å². The molecular weight excluding hydrogens is 350 g/mol. The van der Waals surface area contributed by atoms with Gasteiger partial charge in [0.15, 0.2) is 0 Å². The molecule has 0 fully saturated rings. The highest BCUT2D eigenvalue weighted by molar-refractivity contribution is 6.10. The molecule has 4 aromatic carbocycles. The minimum absolute atomic E-state index is 0.147. The molecule has 1 unspecified atom stereocenters. The summed E-state index contributed by atoms with van der Waals surface area (Å²) in [6.07, 6.45) is 1.05. The predicted octanol–water partition coefficient (Wildman–Crippen LogP) is 7.09. The van der Waals surface area contributed by atoms with Gasteiger partial charge in [0.05, 0.1) is 5.52 Å². The third kappa shape index (κ3) is 2.16. The summed E-state index contributed by atoms with van der Waals surface area (Å²) in [6.45, 7) is 2.38. The Hall–Kier alpha value is -3.32. The van der Waals surface area contributed by atoms with Crippen molar-refractivity contribution in [1.82, 2.24) is 4.57 Å². The van der Waals surface area contributed by atoms with Gasteiger partial charge in [-0.15, -0.1) is 0 Å². The SMILES string of the molecule is CC1CC(c2ccccc2)(c2ccccc2)c2cccc3c4ccccc4n1c23. The predicted molar refractivity (Wildman–Crippen MR) is 122 cm³/mol. The Morgan fingerprint density at radius 1 is 0.655 bits per heavy atom. The maximum atomic E-state index is 2.57. The van der Waals surface area contributed by atoms with Crippen LogP contribution in [0.3, 0.4) is 0 Å². The summed E-state index contributed by atoms with van der Waals surface area (Å²) in [7, 11) is 0. The van der Waals surface area contributed by atoms with Crippen molar-refractivity contribution in [3.05, 3.63) is 120 Å². The van der Waals surface area contributed by atoms with Crippen LogP contribution in [0.25, 0.3) is 21.8 Å². The van der Waals surface area contributed by atoms with Crippen LogP contribution in [0.1, 0.15) is 36.1 Å². The Morgan fingerprint density at radius 3 is 1.93 bits per heavy atom. The number of fused-ring (bicyclic) bond motifs is 3. The zero-order valence-electron chi connectivity index (χ0n) is 16.5. The number of rotatable bonds is 2. The van der Waals surface area contributed by atoms with Crippen LogP contribution in [0, 0.1) is 0 Å². The minimum Gasteiger partial charge on any atom is -0.337 e. The van der Waals surface area contributed by atoms with Crippen molar-refractivity contribution in [1.29, 1.82) is 0 Å². The van der Waals surface area contributed by atoms with Crippen LogP contribution in [0.5, 0.6) is 0 Å². The fourth-order valence-electron chi connectivity index (χ4n) is 5.66. The number of hydrogen-bond donors (Lipinski definition) is 0. The summed E-state index contributed by atoms with van der Waals surface area (Å²) < 4.78 is 2.57. The van der Waals surface area contributed by atoms with Gasteiger partial charge >= 0.3 is 0 Å². The topological polar surface area (TPSA) is 4.93 Å². The number of aromatic nitrogens is 1. The summed E-state index contributed by atoms with van der Waals surface area (Å²) >= 11 is 0. The van der Waals surface area contributed by atoms with Gasteiger partial charge in [-0.3, -0.25) is 0 Å². The van der Waals surface area contributed by atoms with Gasteiger partial charge in [-0.1, -0.05) is 97.1 Å². The van der Waals surface area contributed by atoms with E-state index in [0.717, 1.165) is 6.42 Å². The molecule has 1 aromatic heterocycles. The second kappa shape index (κ2) is 6.09. The monoisotopic (exact) mass is 373 g/mol. The average molecular weight is 373 g/mol. The third-order valence-electron chi connectivity index (χ3n) is 6.77. The molecule has 0 amide bonds. The molecule has 1 aliphatic rings. The molecule has 6 rings (SSSR count). The molecule has 140 valence electrons. The Bertz CT molecular complexity index is 1290. The Morgan fingerprint density at radius 2 is 1.24 bits per heavy atom. The minimum atomic E-state index is -0.147. The maximum absolute atomic E-state index is 2.57. The molecule has 0 saturated heterocycles. The van der Waals surface area contributed by atoms with E-state index >= 15 is 0 Å². The van der Waals surface area contributed by atoms with Crippen molar-refractivity contribution in [2.75, 3.05) is 0 Å². The highest BCUT2D eigenvalue weighted by Crippen LogP contribution is 2.52. The van der Waals surface area contributed by atoms with E-state index in [1.807, 2.05) is 0 Å². The van der Waals surface area contributed by atoms with Crippen LogP contribution in [0.2, 0.25) is 0 Å². The highest BCUT2D eigenvalue weighted by Gasteiger charge is 2.43. The van der Waals surface area contributed by atoms with Gasteiger partial charge in [-0.2, -0.15) is 0 Å². The molecule has 1 nitrogen and oxygen atoms in total.